The minimum atomic E-state index is -4.52. The number of carbonyl (C=O) groups is 1. The molecule has 1 amide bonds. The van der Waals surface area contributed by atoms with Crippen molar-refractivity contribution in [3.05, 3.63) is 54.7 Å². The normalized spacial score (nSPS) is 14.8. The van der Waals surface area contributed by atoms with Gasteiger partial charge in [-0.05, 0) is 60.9 Å². The van der Waals surface area contributed by atoms with E-state index in [4.69, 9.17) is 9.15 Å². The Hall–Kier alpha value is -3.39. The van der Waals surface area contributed by atoms with Crippen LogP contribution < -0.4 is 15.6 Å². The van der Waals surface area contributed by atoms with Gasteiger partial charge in [-0.2, -0.15) is 0 Å². The average Bonchev–Trinajstić information content (AvgIpc) is 3.51. The first-order chi connectivity index (χ1) is 16.8. The van der Waals surface area contributed by atoms with E-state index in [-0.39, 0.29) is 17.6 Å². The molecule has 0 bridgehead atoms. The van der Waals surface area contributed by atoms with E-state index >= 15 is 0 Å². The summed E-state index contributed by atoms with van der Waals surface area (Å²) in [6.45, 7) is 0. The van der Waals surface area contributed by atoms with E-state index in [0.717, 1.165) is 36.9 Å². The number of methoxy groups -OCH3 is 1. The van der Waals surface area contributed by atoms with E-state index in [1.54, 1.807) is 12.3 Å². The third kappa shape index (κ3) is 4.75. The van der Waals surface area contributed by atoms with Gasteiger partial charge in [0.05, 0.1) is 24.6 Å². The van der Waals surface area contributed by atoms with Gasteiger partial charge in [0.2, 0.25) is 11.4 Å². The molecule has 0 radical (unpaired) electrons. The highest BCUT2D eigenvalue weighted by molar-refractivity contribution is 7.59. The van der Waals surface area contributed by atoms with Crippen molar-refractivity contribution >= 4 is 30.5 Å². The molecule has 0 spiro atoms. The number of ether oxygens (including phenoxy) is 1. The third-order valence-corrected chi connectivity index (χ3v) is 7.17. The lowest BCUT2D eigenvalue weighted by Crippen LogP contribution is -2.24. The summed E-state index contributed by atoms with van der Waals surface area (Å²) in [7, 11) is -3.00. The lowest BCUT2D eigenvalue weighted by atomic mass is 9.89. The number of aromatic nitrogens is 2. The van der Waals surface area contributed by atoms with Crippen molar-refractivity contribution < 1.29 is 28.3 Å². The highest BCUT2D eigenvalue weighted by Crippen LogP contribution is 2.39. The second-order valence-electron chi connectivity index (χ2n) is 8.69. The van der Waals surface area contributed by atoms with Crippen molar-refractivity contribution in [1.82, 2.24) is 9.38 Å². The highest BCUT2D eigenvalue weighted by Gasteiger charge is 2.24. The number of nitrogens with one attached hydrogen (secondary N) is 1. The lowest BCUT2D eigenvalue weighted by Gasteiger charge is -2.19. The molecule has 0 saturated heterocycles. The Bertz CT molecular complexity index is 1430. The molecule has 1 aliphatic rings. The largest absolute Gasteiger partial charge is 0.496 e. The Morgan fingerprint density at radius 1 is 1.14 bits per heavy atom. The molecular formula is C25H26N3O6P. The zero-order valence-electron chi connectivity index (χ0n) is 19.2. The SMILES string of the molecule is COc1ccc(-c2cccc3nc(NC(=O)C4CCCCC4)cn23)cc1-c1ccc(P(=O)(O)O)o1. The number of carbonyl (C=O) groups excluding carboxylic acids is 1. The molecule has 3 aromatic heterocycles. The number of imidazole rings is 1. The Morgan fingerprint density at radius 2 is 1.94 bits per heavy atom. The van der Waals surface area contributed by atoms with Crippen molar-refractivity contribution in [2.45, 2.75) is 32.1 Å². The van der Waals surface area contributed by atoms with E-state index in [1.165, 1.54) is 25.7 Å². The fourth-order valence-corrected chi connectivity index (χ4v) is 5.07. The summed E-state index contributed by atoms with van der Waals surface area (Å²) in [5, 5.41) is 2.97. The van der Waals surface area contributed by atoms with Crippen LogP contribution in [0.5, 0.6) is 5.75 Å². The van der Waals surface area contributed by atoms with Crippen LogP contribution in [0.4, 0.5) is 5.82 Å². The van der Waals surface area contributed by atoms with E-state index < -0.39 is 13.1 Å². The monoisotopic (exact) mass is 495 g/mol. The highest BCUT2D eigenvalue weighted by atomic mass is 31.2. The third-order valence-electron chi connectivity index (χ3n) is 6.36. The van der Waals surface area contributed by atoms with Crippen LogP contribution in [-0.4, -0.2) is 32.2 Å². The fraction of sp³-hybridized carbons (Fsp3) is 0.280. The van der Waals surface area contributed by atoms with E-state index in [9.17, 15) is 19.1 Å². The van der Waals surface area contributed by atoms with Crippen LogP contribution in [-0.2, 0) is 9.36 Å². The number of pyridine rings is 1. The van der Waals surface area contributed by atoms with Gasteiger partial charge in [0.25, 0.3) is 0 Å². The molecular weight excluding hydrogens is 469 g/mol. The van der Waals surface area contributed by atoms with Crippen molar-refractivity contribution in [3.8, 4) is 28.3 Å². The van der Waals surface area contributed by atoms with Crippen LogP contribution in [0.15, 0.2) is 59.1 Å². The average molecular weight is 495 g/mol. The standard InChI is InChI=1S/C25H26N3O6P/c1-33-20-11-10-17(14-18(20)21-12-13-24(34-21)35(30,31)32)19-8-5-9-23-26-22(15-28(19)23)27-25(29)16-6-3-2-4-7-16/h5,8-16H,2-4,6-7H2,1H3,(H,27,29)(H2,30,31,32). The van der Waals surface area contributed by atoms with E-state index in [1.807, 2.05) is 34.7 Å². The van der Waals surface area contributed by atoms with Gasteiger partial charge in [0.15, 0.2) is 5.82 Å². The molecule has 182 valence electrons. The molecule has 0 unspecified atom stereocenters. The van der Waals surface area contributed by atoms with Crippen LogP contribution in [0.2, 0.25) is 0 Å². The Labute approximate surface area is 201 Å². The number of furan rings is 1. The van der Waals surface area contributed by atoms with Crippen molar-refractivity contribution in [2.75, 3.05) is 12.4 Å². The molecule has 5 rings (SSSR count). The minimum Gasteiger partial charge on any atom is -0.496 e. The zero-order valence-corrected chi connectivity index (χ0v) is 20.1. The first kappa shape index (κ1) is 23.4. The molecule has 0 aliphatic heterocycles. The number of hydrogen-bond acceptors (Lipinski definition) is 5. The molecule has 1 aliphatic carbocycles. The molecule has 3 N–H and O–H groups in total. The maximum atomic E-state index is 12.7. The molecule has 0 atom stereocenters. The van der Waals surface area contributed by atoms with Crippen LogP contribution in [0.25, 0.3) is 28.2 Å². The lowest BCUT2D eigenvalue weighted by molar-refractivity contribution is -0.120. The number of amides is 1. The van der Waals surface area contributed by atoms with Gasteiger partial charge in [0, 0.05) is 5.92 Å². The predicted octanol–water partition coefficient (Wildman–Crippen LogP) is 4.59. The van der Waals surface area contributed by atoms with E-state index in [0.29, 0.717) is 22.8 Å². The minimum absolute atomic E-state index is 0.0140. The number of anilines is 1. The summed E-state index contributed by atoms with van der Waals surface area (Å²) in [6, 6.07) is 13.9. The molecule has 9 nitrogen and oxygen atoms in total. The fourth-order valence-electron chi connectivity index (χ4n) is 4.59. The summed E-state index contributed by atoms with van der Waals surface area (Å²) < 4.78 is 24.4. The van der Waals surface area contributed by atoms with Gasteiger partial charge in [-0.15, -0.1) is 0 Å². The van der Waals surface area contributed by atoms with Crippen LogP contribution >= 0.6 is 7.60 Å². The van der Waals surface area contributed by atoms with Crippen LogP contribution in [0.1, 0.15) is 32.1 Å². The van der Waals surface area contributed by atoms with Gasteiger partial charge >= 0.3 is 7.60 Å². The number of rotatable bonds is 6. The van der Waals surface area contributed by atoms with Gasteiger partial charge in [0.1, 0.15) is 17.2 Å². The molecule has 10 heteroatoms. The Kier molecular flexibility index (Phi) is 6.23. The van der Waals surface area contributed by atoms with Gasteiger partial charge in [-0.1, -0.05) is 25.3 Å². The smallest absolute Gasteiger partial charge is 0.391 e. The maximum absolute atomic E-state index is 12.7. The number of fused-ring (bicyclic) bond motifs is 1. The summed E-state index contributed by atoms with van der Waals surface area (Å²) in [5.74, 6) is 1.32. The molecule has 1 aromatic carbocycles. The number of hydrogen-bond donors (Lipinski definition) is 3. The van der Waals surface area contributed by atoms with Gasteiger partial charge < -0.3 is 24.3 Å². The maximum Gasteiger partial charge on any atom is 0.391 e. The first-order valence-corrected chi connectivity index (χ1v) is 13.1. The summed E-state index contributed by atoms with van der Waals surface area (Å²) in [6.07, 6.45) is 6.97. The molecule has 35 heavy (non-hydrogen) atoms. The summed E-state index contributed by atoms with van der Waals surface area (Å²) >= 11 is 0. The van der Waals surface area contributed by atoms with Crippen molar-refractivity contribution in [1.29, 1.82) is 0 Å². The summed E-state index contributed by atoms with van der Waals surface area (Å²) in [5.41, 5.74) is 2.45. The molecule has 4 aromatic rings. The second kappa shape index (κ2) is 9.34. The van der Waals surface area contributed by atoms with E-state index in [2.05, 4.69) is 10.3 Å². The molecule has 1 saturated carbocycles. The topological polar surface area (TPSA) is 126 Å². The quantitative estimate of drug-likeness (QED) is 0.334. The Morgan fingerprint density at radius 3 is 2.66 bits per heavy atom. The van der Waals surface area contributed by atoms with Gasteiger partial charge in [-0.3, -0.25) is 13.8 Å². The van der Waals surface area contributed by atoms with Crippen LogP contribution in [0.3, 0.4) is 0 Å². The van der Waals surface area contributed by atoms with Crippen LogP contribution in [0, 0.1) is 5.92 Å². The first-order valence-electron chi connectivity index (χ1n) is 11.5. The summed E-state index contributed by atoms with van der Waals surface area (Å²) in [4.78, 5) is 36.1. The predicted molar refractivity (Wildman–Crippen MR) is 132 cm³/mol. The second-order valence-corrected chi connectivity index (χ2v) is 10.2. The molecule has 1 fully saturated rings. The Balaban J connectivity index is 1.50. The number of benzene rings is 1. The van der Waals surface area contributed by atoms with Gasteiger partial charge in [-0.25, -0.2) is 4.98 Å². The van der Waals surface area contributed by atoms with Crippen molar-refractivity contribution in [3.63, 3.8) is 0 Å². The zero-order chi connectivity index (χ0) is 24.6. The molecule has 3 heterocycles. The van der Waals surface area contributed by atoms with Crippen molar-refractivity contribution in [2.24, 2.45) is 5.92 Å². The number of nitrogens with zero attached hydrogens (tertiary/aromatic N) is 2.